The maximum absolute atomic E-state index is 12.8. The minimum absolute atomic E-state index is 0.119. The number of carboxylic acid groups (broad SMARTS) is 2. The number of carboxylic acids is 2. The summed E-state index contributed by atoms with van der Waals surface area (Å²) in [5.41, 5.74) is -2.46. The summed E-state index contributed by atoms with van der Waals surface area (Å²) in [4.78, 5) is 45.4. The van der Waals surface area contributed by atoms with Gasteiger partial charge in [-0.3, -0.25) is 9.59 Å². The van der Waals surface area contributed by atoms with E-state index in [0.29, 0.717) is 0 Å². The van der Waals surface area contributed by atoms with Gasteiger partial charge < -0.3 is 15.5 Å². The molecule has 0 aliphatic carbocycles. The maximum atomic E-state index is 12.8. The molecule has 1 amide bonds. The molecule has 0 radical (unpaired) electrons. The van der Waals surface area contributed by atoms with Crippen LogP contribution in [0.2, 0.25) is 0 Å². The first kappa shape index (κ1) is 17.3. The van der Waals surface area contributed by atoms with Crippen molar-refractivity contribution in [3.63, 3.8) is 0 Å². The summed E-state index contributed by atoms with van der Waals surface area (Å²) in [7, 11) is 0. The Labute approximate surface area is 124 Å². The van der Waals surface area contributed by atoms with Gasteiger partial charge in [0.15, 0.2) is 5.78 Å². The topological polar surface area (TPSA) is 121 Å². The number of carbonyl (C=O) groups is 4. The number of hydrogen-bond donors (Lipinski definition) is 3. The second-order valence-corrected chi connectivity index (χ2v) is 4.63. The number of rotatable bonds is 7. The molecule has 1 aromatic rings. The highest BCUT2D eigenvalue weighted by Crippen LogP contribution is 2.17. The Morgan fingerprint density at radius 1 is 1.09 bits per heavy atom. The molecule has 3 N–H and O–H groups in total. The second kappa shape index (κ2) is 6.79. The van der Waals surface area contributed by atoms with Gasteiger partial charge in [-0.1, -0.05) is 0 Å². The lowest BCUT2D eigenvalue weighted by Gasteiger charge is -2.25. The van der Waals surface area contributed by atoms with E-state index >= 15 is 0 Å². The minimum Gasteiger partial charge on any atom is -0.479 e. The number of Topliss-reactive ketones (excluding diaryl/α,β-unsaturated/α-hetero) is 1. The number of hydrogen-bond acceptors (Lipinski definition) is 4. The van der Waals surface area contributed by atoms with Crippen LogP contribution in [-0.2, 0) is 14.4 Å². The third-order valence-corrected chi connectivity index (χ3v) is 3.01. The number of halogens is 1. The third-order valence-electron chi connectivity index (χ3n) is 3.01. The van der Waals surface area contributed by atoms with Crippen molar-refractivity contribution in [1.29, 1.82) is 0 Å². The van der Waals surface area contributed by atoms with Crippen molar-refractivity contribution in [2.75, 3.05) is 0 Å². The fourth-order valence-corrected chi connectivity index (χ4v) is 1.86. The molecule has 0 spiro atoms. The fraction of sp³-hybridized carbons (Fsp3) is 0.286. The van der Waals surface area contributed by atoms with Crippen molar-refractivity contribution in [2.45, 2.75) is 25.3 Å². The van der Waals surface area contributed by atoms with Gasteiger partial charge in [-0.05, 0) is 30.7 Å². The van der Waals surface area contributed by atoms with Gasteiger partial charge in [-0.2, -0.15) is 0 Å². The predicted octanol–water partition coefficient (Wildman–Crippen LogP) is 0.833. The first-order chi connectivity index (χ1) is 10.2. The summed E-state index contributed by atoms with van der Waals surface area (Å²) in [5, 5.41) is 20.1. The monoisotopic (exact) mass is 311 g/mol. The SMILES string of the molecule is CC(=O)NC(CCC(=O)c1ccc(F)cc1)(C(=O)O)C(=O)O. The molecule has 0 heterocycles. The Balaban J connectivity index is 2.93. The molecule has 1 rings (SSSR count). The lowest BCUT2D eigenvalue weighted by atomic mass is 9.90. The number of aliphatic carboxylic acids is 2. The molecule has 8 heteroatoms. The lowest BCUT2D eigenvalue weighted by Crippen LogP contribution is -2.59. The first-order valence-corrected chi connectivity index (χ1v) is 6.23. The Hall–Kier alpha value is -2.77. The highest BCUT2D eigenvalue weighted by Gasteiger charge is 2.47. The molecule has 0 fully saturated rings. The molecular formula is C14H14FNO6. The van der Waals surface area contributed by atoms with Crippen molar-refractivity contribution in [2.24, 2.45) is 0 Å². The highest BCUT2D eigenvalue weighted by molar-refractivity contribution is 6.07. The zero-order valence-electron chi connectivity index (χ0n) is 11.6. The highest BCUT2D eigenvalue weighted by atomic mass is 19.1. The smallest absolute Gasteiger partial charge is 0.341 e. The van der Waals surface area contributed by atoms with E-state index in [1.807, 2.05) is 5.32 Å². The van der Waals surface area contributed by atoms with Gasteiger partial charge in [-0.15, -0.1) is 0 Å². The van der Waals surface area contributed by atoms with Crippen LogP contribution in [-0.4, -0.2) is 39.4 Å². The number of amides is 1. The van der Waals surface area contributed by atoms with Gasteiger partial charge >= 0.3 is 11.9 Å². The zero-order valence-corrected chi connectivity index (χ0v) is 11.6. The van der Waals surface area contributed by atoms with Crippen LogP contribution >= 0.6 is 0 Å². The standard InChI is InChI=1S/C14H14FNO6/c1-8(17)16-14(12(19)20,13(21)22)7-6-11(18)9-2-4-10(15)5-3-9/h2-5H,6-7H2,1H3,(H,16,17)(H,19,20)(H,21,22). The Morgan fingerprint density at radius 2 is 1.59 bits per heavy atom. The van der Waals surface area contributed by atoms with E-state index in [4.69, 9.17) is 10.2 Å². The molecule has 0 aromatic heterocycles. The number of benzene rings is 1. The van der Waals surface area contributed by atoms with E-state index in [2.05, 4.69) is 0 Å². The average Bonchev–Trinajstić information content (AvgIpc) is 2.42. The summed E-state index contributed by atoms with van der Waals surface area (Å²) in [6, 6.07) is 4.53. The quantitative estimate of drug-likeness (QED) is 0.506. The van der Waals surface area contributed by atoms with E-state index < -0.39 is 47.8 Å². The number of carbonyl (C=O) groups excluding carboxylic acids is 2. The van der Waals surface area contributed by atoms with Crippen molar-refractivity contribution in [1.82, 2.24) is 5.32 Å². The average molecular weight is 311 g/mol. The summed E-state index contributed by atoms with van der Waals surface area (Å²) < 4.78 is 12.8. The van der Waals surface area contributed by atoms with Gasteiger partial charge in [0.2, 0.25) is 11.4 Å². The summed E-state index contributed by atoms with van der Waals surface area (Å²) >= 11 is 0. The molecule has 0 unspecified atom stereocenters. The van der Waals surface area contributed by atoms with E-state index in [-0.39, 0.29) is 5.56 Å². The zero-order chi connectivity index (χ0) is 16.9. The number of ketones is 1. The van der Waals surface area contributed by atoms with Crippen LogP contribution in [0.15, 0.2) is 24.3 Å². The normalized spacial score (nSPS) is 10.8. The van der Waals surface area contributed by atoms with E-state index in [9.17, 15) is 23.6 Å². The Morgan fingerprint density at radius 3 is 2.00 bits per heavy atom. The molecule has 1 aromatic carbocycles. The van der Waals surface area contributed by atoms with Gasteiger partial charge in [0.25, 0.3) is 0 Å². The molecule has 0 aliphatic heterocycles. The van der Waals surface area contributed by atoms with Crippen molar-refractivity contribution in [3.8, 4) is 0 Å². The van der Waals surface area contributed by atoms with Crippen LogP contribution in [0.4, 0.5) is 4.39 Å². The summed E-state index contributed by atoms with van der Waals surface area (Å²) in [5.74, 6) is -5.50. The summed E-state index contributed by atoms with van der Waals surface area (Å²) in [6.07, 6.45) is -1.07. The van der Waals surface area contributed by atoms with Gasteiger partial charge in [-0.25, -0.2) is 14.0 Å². The minimum atomic E-state index is -2.58. The lowest BCUT2D eigenvalue weighted by molar-refractivity contribution is -0.161. The van der Waals surface area contributed by atoms with Crippen LogP contribution in [0.3, 0.4) is 0 Å². The molecule has 118 valence electrons. The van der Waals surface area contributed by atoms with Crippen molar-refractivity contribution < 1.29 is 33.8 Å². The molecule has 0 bridgehead atoms. The second-order valence-electron chi connectivity index (χ2n) is 4.63. The van der Waals surface area contributed by atoms with Crippen LogP contribution in [0, 0.1) is 5.82 Å². The van der Waals surface area contributed by atoms with Crippen LogP contribution in [0.25, 0.3) is 0 Å². The molecule has 0 aliphatic rings. The largest absolute Gasteiger partial charge is 0.479 e. The molecular weight excluding hydrogens is 297 g/mol. The van der Waals surface area contributed by atoms with E-state index in [1.165, 1.54) is 12.1 Å². The van der Waals surface area contributed by atoms with E-state index in [0.717, 1.165) is 19.1 Å². The molecule has 22 heavy (non-hydrogen) atoms. The van der Waals surface area contributed by atoms with Crippen LogP contribution in [0.1, 0.15) is 30.1 Å². The predicted molar refractivity (Wildman–Crippen MR) is 71.8 cm³/mol. The molecule has 0 atom stereocenters. The van der Waals surface area contributed by atoms with Gasteiger partial charge in [0.1, 0.15) is 5.82 Å². The number of nitrogens with one attached hydrogen (secondary N) is 1. The molecule has 7 nitrogen and oxygen atoms in total. The Kier molecular flexibility index (Phi) is 5.33. The van der Waals surface area contributed by atoms with Crippen LogP contribution < -0.4 is 5.32 Å². The summed E-state index contributed by atoms with van der Waals surface area (Å²) in [6.45, 7) is 0.975. The van der Waals surface area contributed by atoms with Crippen molar-refractivity contribution >= 4 is 23.6 Å². The molecule has 0 saturated carbocycles. The van der Waals surface area contributed by atoms with Crippen LogP contribution in [0.5, 0.6) is 0 Å². The van der Waals surface area contributed by atoms with Gasteiger partial charge in [0.05, 0.1) is 0 Å². The van der Waals surface area contributed by atoms with Gasteiger partial charge in [0, 0.05) is 18.9 Å². The Bertz CT molecular complexity index is 596. The first-order valence-electron chi connectivity index (χ1n) is 6.23. The van der Waals surface area contributed by atoms with Crippen molar-refractivity contribution in [3.05, 3.63) is 35.6 Å². The van der Waals surface area contributed by atoms with E-state index in [1.54, 1.807) is 0 Å². The maximum Gasteiger partial charge on any atom is 0.341 e. The fourth-order valence-electron chi connectivity index (χ4n) is 1.86. The third kappa shape index (κ3) is 3.87. The molecule has 0 saturated heterocycles.